The molecule has 0 spiro atoms. The van der Waals surface area contributed by atoms with E-state index >= 15 is 0 Å². The SMILES string of the molecule is COc1cccc(NC(=O)c2oc3c(c2C)/C(=N/NC(=O)c2cccs2)CCC3)c1. The maximum absolute atomic E-state index is 12.8. The molecule has 3 aromatic rings. The number of methoxy groups -OCH3 is 1. The fourth-order valence-corrected chi connectivity index (χ4v) is 4.08. The Labute approximate surface area is 177 Å². The van der Waals surface area contributed by atoms with Crippen LogP contribution in [0.15, 0.2) is 51.3 Å². The van der Waals surface area contributed by atoms with Crippen molar-refractivity contribution in [2.24, 2.45) is 5.10 Å². The number of furan rings is 1. The third-order valence-electron chi connectivity index (χ3n) is 4.90. The fourth-order valence-electron chi connectivity index (χ4n) is 3.47. The van der Waals surface area contributed by atoms with Crippen LogP contribution < -0.4 is 15.5 Å². The molecule has 0 saturated heterocycles. The van der Waals surface area contributed by atoms with Crippen molar-refractivity contribution in [1.29, 1.82) is 0 Å². The Balaban J connectivity index is 1.57. The van der Waals surface area contributed by atoms with Gasteiger partial charge in [-0.25, -0.2) is 5.43 Å². The van der Waals surface area contributed by atoms with E-state index in [0.29, 0.717) is 28.3 Å². The molecule has 4 rings (SSSR count). The highest BCUT2D eigenvalue weighted by Gasteiger charge is 2.28. The molecule has 30 heavy (non-hydrogen) atoms. The number of nitrogens with one attached hydrogen (secondary N) is 2. The lowest BCUT2D eigenvalue weighted by molar-refractivity contribution is 0.0957. The minimum atomic E-state index is -0.336. The Hall–Kier alpha value is -3.39. The first-order chi connectivity index (χ1) is 14.6. The lowest BCUT2D eigenvalue weighted by atomic mass is 9.93. The molecular weight excluding hydrogens is 402 g/mol. The number of carbonyl (C=O) groups is 2. The molecule has 0 bridgehead atoms. The number of carbonyl (C=O) groups excluding carboxylic acids is 2. The quantitative estimate of drug-likeness (QED) is 0.596. The molecule has 8 heteroatoms. The van der Waals surface area contributed by atoms with Crippen molar-refractivity contribution >= 4 is 34.6 Å². The average molecular weight is 423 g/mol. The number of nitrogens with zero attached hydrogens (tertiary/aromatic N) is 1. The molecule has 2 amide bonds. The third-order valence-corrected chi connectivity index (χ3v) is 5.77. The van der Waals surface area contributed by atoms with E-state index in [9.17, 15) is 9.59 Å². The van der Waals surface area contributed by atoms with Gasteiger partial charge in [0.2, 0.25) is 0 Å². The van der Waals surface area contributed by atoms with E-state index < -0.39 is 0 Å². The second kappa shape index (κ2) is 8.54. The van der Waals surface area contributed by atoms with E-state index in [1.165, 1.54) is 11.3 Å². The first kappa shape index (κ1) is 19.9. The van der Waals surface area contributed by atoms with Crippen LogP contribution in [0.5, 0.6) is 5.75 Å². The van der Waals surface area contributed by atoms with Gasteiger partial charge in [0, 0.05) is 29.3 Å². The number of rotatable bonds is 5. The van der Waals surface area contributed by atoms with Crippen LogP contribution in [0.2, 0.25) is 0 Å². The number of ether oxygens (including phenoxy) is 1. The van der Waals surface area contributed by atoms with Gasteiger partial charge < -0.3 is 14.5 Å². The number of anilines is 1. The lowest BCUT2D eigenvalue weighted by Crippen LogP contribution is -2.21. The molecule has 0 aliphatic heterocycles. The van der Waals surface area contributed by atoms with Crippen molar-refractivity contribution in [2.75, 3.05) is 12.4 Å². The average Bonchev–Trinajstić information content (AvgIpc) is 3.41. The first-order valence-electron chi connectivity index (χ1n) is 9.55. The number of thiophene rings is 1. The van der Waals surface area contributed by atoms with Crippen LogP contribution in [-0.4, -0.2) is 24.6 Å². The van der Waals surface area contributed by atoms with Gasteiger partial charge in [0.15, 0.2) is 5.76 Å². The highest BCUT2D eigenvalue weighted by atomic mass is 32.1. The summed E-state index contributed by atoms with van der Waals surface area (Å²) < 4.78 is 11.1. The van der Waals surface area contributed by atoms with E-state index in [4.69, 9.17) is 9.15 Å². The number of benzene rings is 1. The van der Waals surface area contributed by atoms with Crippen molar-refractivity contribution in [1.82, 2.24) is 5.43 Å². The van der Waals surface area contributed by atoms with E-state index in [1.54, 1.807) is 37.4 Å². The topological polar surface area (TPSA) is 92.9 Å². The molecule has 154 valence electrons. The largest absolute Gasteiger partial charge is 0.497 e. The number of hydrazone groups is 1. The fraction of sp³-hybridized carbons (Fsp3) is 0.227. The van der Waals surface area contributed by atoms with Crippen LogP contribution in [-0.2, 0) is 6.42 Å². The van der Waals surface area contributed by atoms with Crippen LogP contribution in [0.3, 0.4) is 0 Å². The second-order valence-electron chi connectivity index (χ2n) is 6.87. The number of hydrogen-bond donors (Lipinski definition) is 2. The van der Waals surface area contributed by atoms with Crippen molar-refractivity contribution in [2.45, 2.75) is 26.2 Å². The van der Waals surface area contributed by atoms with Crippen LogP contribution >= 0.6 is 11.3 Å². The number of aryl methyl sites for hydroxylation is 1. The highest BCUT2D eigenvalue weighted by molar-refractivity contribution is 7.12. The van der Waals surface area contributed by atoms with E-state index in [2.05, 4.69) is 15.8 Å². The molecule has 0 radical (unpaired) electrons. The maximum atomic E-state index is 12.8. The zero-order valence-corrected chi connectivity index (χ0v) is 17.5. The maximum Gasteiger partial charge on any atom is 0.291 e. The molecule has 2 aromatic heterocycles. The summed E-state index contributed by atoms with van der Waals surface area (Å²) in [5.41, 5.74) is 5.48. The van der Waals surface area contributed by atoms with Crippen molar-refractivity contribution in [3.8, 4) is 5.75 Å². The molecular formula is C22H21N3O4S. The van der Waals surface area contributed by atoms with E-state index in [-0.39, 0.29) is 17.6 Å². The molecule has 2 N–H and O–H groups in total. The van der Waals surface area contributed by atoms with Crippen LogP contribution in [0.4, 0.5) is 5.69 Å². The molecule has 0 fully saturated rings. The molecule has 2 heterocycles. The Morgan fingerprint density at radius 3 is 2.80 bits per heavy atom. The van der Waals surface area contributed by atoms with Gasteiger partial charge in [-0.1, -0.05) is 12.1 Å². The summed E-state index contributed by atoms with van der Waals surface area (Å²) in [7, 11) is 1.57. The smallest absolute Gasteiger partial charge is 0.291 e. The van der Waals surface area contributed by atoms with Crippen molar-refractivity contribution in [3.05, 3.63) is 69.3 Å². The van der Waals surface area contributed by atoms with Crippen molar-refractivity contribution < 1.29 is 18.7 Å². The molecule has 0 unspecified atom stereocenters. The predicted molar refractivity (Wildman–Crippen MR) is 116 cm³/mol. The Bertz CT molecular complexity index is 1120. The zero-order valence-electron chi connectivity index (χ0n) is 16.7. The third kappa shape index (κ3) is 3.99. The number of amides is 2. The summed E-state index contributed by atoms with van der Waals surface area (Å²) in [6.07, 6.45) is 2.26. The predicted octanol–water partition coefficient (Wildman–Crippen LogP) is 4.38. The van der Waals surface area contributed by atoms with Gasteiger partial charge in [0.1, 0.15) is 11.5 Å². The standard InChI is InChI=1S/C22H21N3O4S/c1-13-19-16(24-25-21(26)18-10-5-11-30-18)8-4-9-17(19)29-20(13)22(27)23-14-6-3-7-15(12-14)28-2/h3,5-7,10-12H,4,8-9H2,1-2H3,(H,23,27)(H,25,26)/b24-16+. The van der Waals surface area contributed by atoms with Crippen LogP contribution in [0.1, 0.15) is 50.0 Å². The van der Waals surface area contributed by atoms with E-state index in [1.807, 2.05) is 18.4 Å². The molecule has 7 nitrogen and oxygen atoms in total. The highest BCUT2D eigenvalue weighted by Crippen LogP contribution is 2.30. The first-order valence-corrected chi connectivity index (χ1v) is 10.4. The minimum Gasteiger partial charge on any atom is -0.497 e. The van der Waals surface area contributed by atoms with Crippen molar-refractivity contribution in [3.63, 3.8) is 0 Å². The summed E-state index contributed by atoms with van der Waals surface area (Å²) in [5, 5.41) is 9.02. The Morgan fingerprint density at radius 2 is 2.03 bits per heavy atom. The second-order valence-corrected chi connectivity index (χ2v) is 7.82. The number of fused-ring (bicyclic) bond motifs is 1. The van der Waals surface area contributed by atoms with E-state index in [0.717, 1.165) is 29.9 Å². The summed E-state index contributed by atoms with van der Waals surface area (Å²) >= 11 is 1.36. The summed E-state index contributed by atoms with van der Waals surface area (Å²) in [6, 6.07) is 10.7. The zero-order chi connectivity index (χ0) is 21.1. The van der Waals surface area contributed by atoms with Gasteiger partial charge in [-0.2, -0.15) is 5.10 Å². The Kier molecular flexibility index (Phi) is 5.67. The van der Waals surface area contributed by atoms with Gasteiger partial charge in [-0.15, -0.1) is 11.3 Å². The van der Waals surface area contributed by atoms with Crippen LogP contribution in [0.25, 0.3) is 0 Å². The van der Waals surface area contributed by atoms with Crippen LogP contribution in [0, 0.1) is 6.92 Å². The molecule has 1 aliphatic carbocycles. The van der Waals surface area contributed by atoms with Gasteiger partial charge in [0.05, 0.1) is 17.7 Å². The lowest BCUT2D eigenvalue weighted by Gasteiger charge is -2.13. The Morgan fingerprint density at radius 1 is 1.17 bits per heavy atom. The van der Waals surface area contributed by atoms with Gasteiger partial charge >= 0.3 is 0 Å². The molecule has 1 aromatic carbocycles. The molecule has 1 aliphatic rings. The van der Waals surface area contributed by atoms with Gasteiger partial charge in [0.25, 0.3) is 11.8 Å². The summed E-state index contributed by atoms with van der Waals surface area (Å²) in [4.78, 5) is 25.6. The summed E-state index contributed by atoms with van der Waals surface area (Å²) in [5.74, 6) is 1.04. The minimum absolute atomic E-state index is 0.248. The van der Waals surface area contributed by atoms with Gasteiger partial charge in [-0.05, 0) is 43.3 Å². The summed E-state index contributed by atoms with van der Waals surface area (Å²) in [6.45, 7) is 1.84. The molecule has 0 atom stereocenters. The monoisotopic (exact) mass is 423 g/mol. The molecule has 0 saturated carbocycles. The normalized spacial score (nSPS) is 14.3. The number of hydrogen-bond acceptors (Lipinski definition) is 6. The van der Waals surface area contributed by atoms with Gasteiger partial charge in [-0.3, -0.25) is 9.59 Å².